The number of pyridine rings is 1. The molecule has 4 aromatic rings. The van der Waals surface area contributed by atoms with E-state index in [1.54, 1.807) is 18.2 Å². The molecule has 0 aliphatic heterocycles. The molecule has 4 rings (SSSR count). The van der Waals surface area contributed by atoms with Crippen LogP contribution in [0.15, 0.2) is 53.2 Å². The Balaban J connectivity index is 1.34. The number of carbonyl (C=O) groups excluding carboxylic acids is 1. The molecular formula is C21H21N5O3. The summed E-state index contributed by atoms with van der Waals surface area (Å²) in [6.07, 6.45) is 2.49. The van der Waals surface area contributed by atoms with E-state index in [1.165, 1.54) is 0 Å². The molecule has 148 valence electrons. The zero-order valence-electron chi connectivity index (χ0n) is 16.3. The van der Waals surface area contributed by atoms with Gasteiger partial charge in [0.15, 0.2) is 5.65 Å². The molecule has 3 heterocycles. The van der Waals surface area contributed by atoms with Crippen LogP contribution in [0.1, 0.15) is 33.2 Å². The molecule has 8 heteroatoms. The molecule has 0 bridgehead atoms. The van der Waals surface area contributed by atoms with Crippen molar-refractivity contribution in [2.75, 3.05) is 6.54 Å². The number of fused-ring (bicyclic) bond motifs is 1. The predicted octanol–water partition coefficient (Wildman–Crippen LogP) is 2.89. The van der Waals surface area contributed by atoms with Crippen molar-refractivity contribution in [2.45, 2.75) is 26.9 Å². The lowest BCUT2D eigenvalue weighted by atomic mass is 10.2. The van der Waals surface area contributed by atoms with E-state index >= 15 is 0 Å². The number of benzene rings is 1. The number of hydrogen-bond acceptors (Lipinski definition) is 6. The first-order chi connectivity index (χ1) is 14.1. The summed E-state index contributed by atoms with van der Waals surface area (Å²) in [4.78, 5) is 12.5. The van der Waals surface area contributed by atoms with Crippen molar-refractivity contribution in [1.82, 2.24) is 25.1 Å². The molecule has 1 aromatic carbocycles. The number of hydrogen-bond donors (Lipinski definition) is 1. The SMILES string of the molecule is Cc1noc(C)c1COc1cccc(C(=O)NCCc2nnc3ccccn23)c1. The molecule has 8 nitrogen and oxygen atoms in total. The smallest absolute Gasteiger partial charge is 0.251 e. The standard InChI is InChI=1S/C21H21N5O3/c1-14-18(15(2)29-25-14)13-28-17-7-5-6-16(12-17)21(27)22-10-9-20-24-23-19-8-3-4-11-26(19)20/h3-8,11-12H,9-10,13H2,1-2H3,(H,22,27). The Labute approximate surface area is 167 Å². The van der Waals surface area contributed by atoms with Gasteiger partial charge >= 0.3 is 0 Å². The maximum Gasteiger partial charge on any atom is 0.251 e. The molecule has 29 heavy (non-hydrogen) atoms. The molecule has 0 saturated carbocycles. The second-order valence-electron chi connectivity index (χ2n) is 6.67. The molecule has 0 aliphatic rings. The quantitative estimate of drug-likeness (QED) is 0.521. The van der Waals surface area contributed by atoms with Crippen LogP contribution in [0.3, 0.4) is 0 Å². The van der Waals surface area contributed by atoms with Gasteiger partial charge in [-0.1, -0.05) is 17.3 Å². The van der Waals surface area contributed by atoms with Gasteiger partial charge in [-0.15, -0.1) is 10.2 Å². The van der Waals surface area contributed by atoms with E-state index in [9.17, 15) is 4.79 Å². The van der Waals surface area contributed by atoms with E-state index in [-0.39, 0.29) is 5.91 Å². The van der Waals surface area contributed by atoms with Gasteiger partial charge in [0.2, 0.25) is 0 Å². The number of nitrogens with zero attached hydrogens (tertiary/aromatic N) is 4. The third kappa shape index (κ3) is 4.11. The van der Waals surface area contributed by atoms with E-state index in [0.29, 0.717) is 30.9 Å². The fraction of sp³-hybridized carbons (Fsp3) is 0.238. The first-order valence-corrected chi connectivity index (χ1v) is 9.33. The van der Waals surface area contributed by atoms with Gasteiger partial charge in [-0.25, -0.2) is 0 Å². The minimum absolute atomic E-state index is 0.165. The first kappa shape index (κ1) is 18.7. The van der Waals surface area contributed by atoms with Crippen molar-refractivity contribution < 1.29 is 14.1 Å². The van der Waals surface area contributed by atoms with Crippen LogP contribution in [0, 0.1) is 13.8 Å². The lowest BCUT2D eigenvalue weighted by Gasteiger charge is -2.08. The molecule has 3 aromatic heterocycles. The van der Waals surface area contributed by atoms with Crippen LogP contribution >= 0.6 is 0 Å². The van der Waals surface area contributed by atoms with Gasteiger partial charge in [-0.05, 0) is 44.2 Å². The van der Waals surface area contributed by atoms with Crippen LogP contribution in [0.5, 0.6) is 5.75 Å². The van der Waals surface area contributed by atoms with Crippen molar-refractivity contribution in [3.05, 3.63) is 77.1 Å². The van der Waals surface area contributed by atoms with Gasteiger partial charge in [0.05, 0.1) is 11.3 Å². The number of aromatic nitrogens is 4. The van der Waals surface area contributed by atoms with Crippen LogP contribution in [-0.4, -0.2) is 32.2 Å². The molecule has 0 fully saturated rings. The van der Waals surface area contributed by atoms with E-state index in [1.807, 2.05) is 48.7 Å². The van der Waals surface area contributed by atoms with Gasteiger partial charge in [0, 0.05) is 24.7 Å². The van der Waals surface area contributed by atoms with Gasteiger partial charge in [0.1, 0.15) is 23.9 Å². The zero-order chi connectivity index (χ0) is 20.2. The Hall–Kier alpha value is -3.68. The second kappa shape index (κ2) is 8.14. The summed E-state index contributed by atoms with van der Waals surface area (Å²) in [7, 11) is 0. The fourth-order valence-electron chi connectivity index (χ4n) is 3.04. The van der Waals surface area contributed by atoms with E-state index in [4.69, 9.17) is 9.26 Å². The summed E-state index contributed by atoms with van der Waals surface area (Å²) in [5.74, 6) is 1.98. The van der Waals surface area contributed by atoms with Gasteiger partial charge in [-0.3, -0.25) is 9.20 Å². The fourth-order valence-corrected chi connectivity index (χ4v) is 3.04. The molecule has 0 spiro atoms. The molecule has 0 saturated heterocycles. The summed E-state index contributed by atoms with van der Waals surface area (Å²) in [6, 6.07) is 12.8. The number of aryl methyl sites for hydroxylation is 2. The van der Waals surface area contributed by atoms with Crippen molar-refractivity contribution in [2.24, 2.45) is 0 Å². The Kier molecular flexibility index (Phi) is 5.24. The average Bonchev–Trinajstić information content (AvgIpc) is 3.29. The lowest BCUT2D eigenvalue weighted by Crippen LogP contribution is -2.26. The lowest BCUT2D eigenvalue weighted by molar-refractivity contribution is 0.0953. The zero-order valence-corrected chi connectivity index (χ0v) is 16.3. The summed E-state index contributed by atoms with van der Waals surface area (Å²) in [5.41, 5.74) is 3.04. The molecule has 0 radical (unpaired) electrons. The van der Waals surface area contributed by atoms with E-state index in [2.05, 4.69) is 20.7 Å². The topological polar surface area (TPSA) is 94.5 Å². The largest absolute Gasteiger partial charge is 0.489 e. The highest BCUT2D eigenvalue weighted by Gasteiger charge is 2.11. The summed E-state index contributed by atoms with van der Waals surface area (Å²) in [5, 5.41) is 15.1. The molecule has 0 atom stereocenters. The van der Waals surface area contributed by atoms with Gasteiger partial charge in [0.25, 0.3) is 5.91 Å². The number of nitrogens with one attached hydrogen (secondary N) is 1. The summed E-state index contributed by atoms with van der Waals surface area (Å²) < 4.78 is 12.9. The third-order valence-electron chi connectivity index (χ3n) is 4.68. The van der Waals surface area contributed by atoms with Gasteiger partial charge < -0.3 is 14.6 Å². The molecule has 1 N–H and O–H groups in total. The number of ether oxygens (including phenoxy) is 1. The predicted molar refractivity (Wildman–Crippen MR) is 106 cm³/mol. The maximum absolute atomic E-state index is 12.5. The third-order valence-corrected chi connectivity index (χ3v) is 4.68. The highest BCUT2D eigenvalue weighted by Crippen LogP contribution is 2.18. The van der Waals surface area contributed by atoms with E-state index < -0.39 is 0 Å². The van der Waals surface area contributed by atoms with Gasteiger partial charge in [-0.2, -0.15) is 0 Å². The van der Waals surface area contributed by atoms with Crippen LogP contribution in [-0.2, 0) is 13.0 Å². The highest BCUT2D eigenvalue weighted by atomic mass is 16.5. The Morgan fingerprint density at radius 2 is 2.07 bits per heavy atom. The Morgan fingerprint density at radius 1 is 1.17 bits per heavy atom. The minimum Gasteiger partial charge on any atom is -0.489 e. The number of rotatable bonds is 7. The highest BCUT2D eigenvalue weighted by molar-refractivity contribution is 5.94. The summed E-state index contributed by atoms with van der Waals surface area (Å²) >= 11 is 0. The minimum atomic E-state index is -0.165. The normalized spacial score (nSPS) is 11.0. The van der Waals surface area contributed by atoms with Crippen molar-refractivity contribution >= 4 is 11.6 Å². The Morgan fingerprint density at radius 3 is 2.90 bits per heavy atom. The van der Waals surface area contributed by atoms with E-state index in [0.717, 1.165) is 28.5 Å². The monoisotopic (exact) mass is 391 g/mol. The number of carbonyl (C=O) groups is 1. The van der Waals surface area contributed by atoms with Crippen molar-refractivity contribution in [1.29, 1.82) is 0 Å². The molecule has 1 amide bonds. The second-order valence-corrected chi connectivity index (χ2v) is 6.67. The van der Waals surface area contributed by atoms with Crippen LogP contribution in [0.2, 0.25) is 0 Å². The molecule has 0 aliphatic carbocycles. The van der Waals surface area contributed by atoms with Crippen LogP contribution in [0.4, 0.5) is 0 Å². The first-order valence-electron chi connectivity index (χ1n) is 9.33. The molecular weight excluding hydrogens is 370 g/mol. The van der Waals surface area contributed by atoms with Crippen LogP contribution < -0.4 is 10.1 Å². The average molecular weight is 391 g/mol. The van der Waals surface area contributed by atoms with Crippen LogP contribution in [0.25, 0.3) is 5.65 Å². The molecule has 0 unspecified atom stereocenters. The number of amides is 1. The van der Waals surface area contributed by atoms with Crippen molar-refractivity contribution in [3.8, 4) is 5.75 Å². The van der Waals surface area contributed by atoms with Crippen molar-refractivity contribution in [3.63, 3.8) is 0 Å². The maximum atomic E-state index is 12.5. The summed E-state index contributed by atoms with van der Waals surface area (Å²) in [6.45, 7) is 4.52. The Bertz CT molecular complexity index is 1130.